The van der Waals surface area contributed by atoms with Gasteiger partial charge in [0.1, 0.15) is 11.0 Å². The largest absolute Gasteiger partial charge is 0.349 e. The number of para-hydroxylation sites is 1. The van der Waals surface area contributed by atoms with Gasteiger partial charge in [-0.1, -0.05) is 41.6 Å². The minimum atomic E-state index is -0.511. The van der Waals surface area contributed by atoms with E-state index in [1.54, 1.807) is 24.3 Å². The van der Waals surface area contributed by atoms with Crippen molar-refractivity contribution in [1.82, 2.24) is 14.5 Å². The predicted octanol–water partition coefficient (Wildman–Crippen LogP) is 5.16. The Labute approximate surface area is 206 Å². The van der Waals surface area contributed by atoms with Crippen molar-refractivity contribution in [3.63, 3.8) is 0 Å². The molecule has 174 valence electrons. The fourth-order valence-corrected chi connectivity index (χ4v) is 4.58. The molecule has 0 radical (unpaired) electrons. The number of hydrogen-bond donors (Lipinski definition) is 2. The van der Waals surface area contributed by atoms with Crippen LogP contribution in [-0.4, -0.2) is 31.1 Å². The zero-order valence-corrected chi connectivity index (χ0v) is 19.5. The topological polar surface area (TPSA) is 123 Å². The highest BCUT2D eigenvalue weighted by Gasteiger charge is 2.19. The molecule has 9 nitrogen and oxygen atoms in total. The number of H-pyrrole nitrogens is 1. The van der Waals surface area contributed by atoms with Gasteiger partial charge in [-0.25, -0.2) is 4.98 Å². The molecule has 2 heterocycles. The summed E-state index contributed by atoms with van der Waals surface area (Å²) in [6, 6.07) is 19.7. The van der Waals surface area contributed by atoms with E-state index >= 15 is 0 Å². The molecule has 2 aromatic heterocycles. The van der Waals surface area contributed by atoms with Crippen molar-refractivity contribution in [2.24, 2.45) is 0 Å². The Morgan fingerprint density at radius 2 is 1.80 bits per heavy atom. The summed E-state index contributed by atoms with van der Waals surface area (Å²) < 4.78 is 1.35. The number of fused-ring (bicyclic) bond motifs is 3. The van der Waals surface area contributed by atoms with Crippen LogP contribution in [0.5, 0.6) is 0 Å². The molecular weight excluding hydrogens is 490 g/mol. The molecule has 0 saturated carbocycles. The fourth-order valence-electron chi connectivity index (χ4n) is 3.65. The number of aromatic nitrogens is 3. The van der Waals surface area contributed by atoms with Crippen molar-refractivity contribution in [3.05, 3.63) is 98.3 Å². The normalized spacial score (nSPS) is 11.1. The summed E-state index contributed by atoms with van der Waals surface area (Å²) in [7, 11) is 0. The molecule has 11 heteroatoms. The van der Waals surface area contributed by atoms with Gasteiger partial charge in [-0.05, 0) is 42.5 Å². The SMILES string of the molecule is O=C(CSc1nc2c([nH]c3ccccc32)c(=O)n1-c1ccc([N+](=O)[O-])cc1)Nc1ccc(Cl)cc1. The molecule has 0 aliphatic rings. The molecule has 3 aromatic carbocycles. The Morgan fingerprint density at radius 3 is 2.51 bits per heavy atom. The Hall–Kier alpha value is -4.15. The first kappa shape index (κ1) is 22.6. The van der Waals surface area contributed by atoms with Crippen molar-refractivity contribution in [3.8, 4) is 5.69 Å². The molecule has 5 aromatic rings. The maximum absolute atomic E-state index is 13.5. The summed E-state index contributed by atoms with van der Waals surface area (Å²) in [5, 5.41) is 15.5. The van der Waals surface area contributed by atoms with Gasteiger partial charge in [0, 0.05) is 33.7 Å². The summed E-state index contributed by atoms with van der Waals surface area (Å²) in [5.41, 5.74) is 2.06. The molecule has 2 N–H and O–H groups in total. The number of hydrogen-bond acceptors (Lipinski definition) is 6. The maximum Gasteiger partial charge on any atom is 0.283 e. The molecular formula is C24H16ClN5O4S. The number of anilines is 1. The van der Waals surface area contributed by atoms with Crippen LogP contribution in [0.1, 0.15) is 0 Å². The molecule has 0 aliphatic heterocycles. The number of thioether (sulfide) groups is 1. The van der Waals surface area contributed by atoms with Crippen LogP contribution in [0, 0.1) is 10.1 Å². The summed E-state index contributed by atoms with van der Waals surface area (Å²) in [4.78, 5) is 44.5. The van der Waals surface area contributed by atoms with Crippen molar-refractivity contribution >= 4 is 62.6 Å². The highest BCUT2D eigenvalue weighted by Crippen LogP contribution is 2.27. The van der Waals surface area contributed by atoms with Gasteiger partial charge in [0.15, 0.2) is 5.16 Å². The lowest BCUT2D eigenvalue weighted by molar-refractivity contribution is -0.384. The van der Waals surface area contributed by atoms with Crippen LogP contribution in [0.2, 0.25) is 5.02 Å². The average Bonchev–Trinajstić information content (AvgIpc) is 3.23. The maximum atomic E-state index is 13.5. The second-order valence-electron chi connectivity index (χ2n) is 7.55. The number of aromatic amines is 1. The zero-order valence-electron chi connectivity index (χ0n) is 17.9. The van der Waals surface area contributed by atoms with Gasteiger partial charge >= 0.3 is 0 Å². The number of halogens is 1. The van der Waals surface area contributed by atoms with E-state index < -0.39 is 4.92 Å². The van der Waals surface area contributed by atoms with Gasteiger partial charge in [0.2, 0.25) is 5.91 Å². The number of carbonyl (C=O) groups is 1. The average molecular weight is 506 g/mol. The number of carbonyl (C=O) groups excluding carboxylic acids is 1. The van der Waals surface area contributed by atoms with E-state index in [2.05, 4.69) is 10.3 Å². The third-order valence-corrected chi connectivity index (χ3v) is 6.46. The van der Waals surface area contributed by atoms with Crippen molar-refractivity contribution in [2.45, 2.75) is 5.16 Å². The lowest BCUT2D eigenvalue weighted by Gasteiger charge is -2.12. The van der Waals surface area contributed by atoms with E-state index in [0.717, 1.165) is 22.7 Å². The Bertz CT molecular complexity index is 1650. The Morgan fingerprint density at radius 1 is 1.09 bits per heavy atom. The monoisotopic (exact) mass is 505 g/mol. The standard InChI is InChI=1S/C24H16ClN5O4S/c25-14-5-7-15(8-6-14)26-20(31)13-35-24-28-21-18-3-1-2-4-19(18)27-22(21)23(32)29(24)16-9-11-17(12-10-16)30(33)34/h1-12,27H,13H2,(H,26,31). The van der Waals surface area contributed by atoms with Crippen molar-refractivity contribution in [2.75, 3.05) is 11.1 Å². The van der Waals surface area contributed by atoms with E-state index in [1.165, 1.54) is 28.8 Å². The highest BCUT2D eigenvalue weighted by atomic mass is 35.5. The van der Waals surface area contributed by atoms with Gasteiger partial charge in [-0.15, -0.1) is 0 Å². The van der Waals surface area contributed by atoms with E-state index in [0.29, 0.717) is 27.4 Å². The van der Waals surface area contributed by atoms with Crippen LogP contribution in [0.25, 0.3) is 27.6 Å². The fraction of sp³-hybridized carbons (Fsp3) is 0.0417. The van der Waals surface area contributed by atoms with Gasteiger partial charge in [0.25, 0.3) is 11.2 Å². The summed E-state index contributed by atoms with van der Waals surface area (Å²) in [6.45, 7) is 0. The van der Waals surface area contributed by atoms with Crippen LogP contribution >= 0.6 is 23.4 Å². The second kappa shape index (κ2) is 9.24. The van der Waals surface area contributed by atoms with Crippen LogP contribution in [-0.2, 0) is 4.79 Å². The number of nitro groups is 1. The lowest BCUT2D eigenvalue weighted by atomic mass is 10.2. The first-order valence-corrected chi connectivity index (χ1v) is 11.7. The number of benzene rings is 3. The number of non-ortho nitro benzene ring substituents is 1. The van der Waals surface area contributed by atoms with Gasteiger partial charge < -0.3 is 10.3 Å². The summed E-state index contributed by atoms with van der Waals surface area (Å²) in [6.07, 6.45) is 0. The van der Waals surface area contributed by atoms with E-state index in [4.69, 9.17) is 16.6 Å². The van der Waals surface area contributed by atoms with Crippen LogP contribution in [0.4, 0.5) is 11.4 Å². The van der Waals surface area contributed by atoms with Gasteiger partial charge in [-0.2, -0.15) is 0 Å². The zero-order chi connectivity index (χ0) is 24.5. The van der Waals surface area contributed by atoms with E-state index in [9.17, 15) is 19.7 Å². The van der Waals surface area contributed by atoms with Crippen molar-refractivity contribution < 1.29 is 9.72 Å². The minimum absolute atomic E-state index is 0.0179. The van der Waals surface area contributed by atoms with E-state index in [1.807, 2.05) is 24.3 Å². The molecule has 0 aliphatic carbocycles. The highest BCUT2D eigenvalue weighted by molar-refractivity contribution is 7.99. The van der Waals surface area contributed by atoms with Crippen molar-refractivity contribution in [1.29, 1.82) is 0 Å². The number of nitrogens with one attached hydrogen (secondary N) is 2. The minimum Gasteiger partial charge on any atom is -0.349 e. The molecule has 35 heavy (non-hydrogen) atoms. The first-order valence-electron chi connectivity index (χ1n) is 10.4. The lowest BCUT2D eigenvalue weighted by Crippen LogP contribution is -2.23. The summed E-state index contributed by atoms with van der Waals surface area (Å²) >= 11 is 6.98. The Kier molecular flexibility index (Phi) is 5.98. The van der Waals surface area contributed by atoms with Crippen LogP contribution in [0.3, 0.4) is 0 Å². The predicted molar refractivity (Wildman–Crippen MR) is 137 cm³/mol. The van der Waals surface area contributed by atoms with Crippen LogP contribution < -0.4 is 10.9 Å². The third-order valence-electron chi connectivity index (χ3n) is 5.27. The molecule has 0 bridgehead atoms. The molecule has 0 spiro atoms. The van der Waals surface area contributed by atoms with Gasteiger partial charge in [-0.3, -0.25) is 24.3 Å². The first-order chi connectivity index (χ1) is 16.9. The number of amides is 1. The second-order valence-corrected chi connectivity index (χ2v) is 8.93. The number of nitro benzene ring substituents is 1. The molecule has 0 fully saturated rings. The molecule has 1 amide bonds. The molecule has 0 saturated heterocycles. The Balaban J connectivity index is 1.55. The molecule has 0 unspecified atom stereocenters. The smallest absolute Gasteiger partial charge is 0.283 e. The summed E-state index contributed by atoms with van der Waals surface area (Å²) in [5.74, 6) is -0.309. The quantitative estimate of drug-likeness (QED) is 0.142. The molecule has 5 rings (SSSR count). The number of nitrogens with zero attached hydrogens (tertiary/aromatic N) is 3. The van der Waals surface area contributed by atoms with Crippen LogP contribution in [0.15, 0.2) is 82.7 Å². The van der Waals surface area contributed by atoms with Gasteiger partial charge in [0.05, 0.1) is 16.4 Å². The third kappa shape index (κ3) is 4.48. The molecule has 0 atom stereocenters. The number of rotatable bonds is 6. The van der Waals surface area contributed by atoms with E-state index in [-0.39, 0.29) is 28.1 Å².